The van der Waals surface area contributed by atoms with Gasteiger partial charge in [-0.1, -0.05) is 13.3 Å². The van der Waals surface area contributed by atoms with Crippen LogP contribution in [0.2, 0.25) is 0 Å². The van der Waals surface area contributed by atoms with Crippen molar-refractivity contribution in [1.82, 2.24) is 14.5 Å². The van der Waals surface area contributed by atoms with E-state index >= 15 is 0 Å². The average Bonchev–Trinajstić information content (AvgIpc) is 2.67. The first-order valence-electron chi connectivity index (χ1n) is 6.43. The average molecular weight is 273 g/mol. The summed E-state index contributed by atoms with van der Waals surface area (Å²) in [6.45, 7) is 8.60. The van der Waals surface area contributed by atoms with Gasteiger partial charge in [-0.15, -0.1) is 0 Å². The highest BCUT2D eigenvalue weighted by Crippen LogP contribution is 2.17. The minimum atomic E-state index is -3.19. The number of hydrogen-bond donors (Lipinski definition) is 1. The van der Waals surface area contributed by atoms with Crippen LogP contribution in [0.15, 0.2) is 6.20 Å². The molecule has 0 amide bonds. The molecule has 0 spiro atoms. The van der Waals surface area contributed by atoms with E-state index in [0.717, 1.165) is 24.2 Å². The van der Waals surface area contributed by atoms with Crippen LogP contribution in [0.25, 0.3) is 0 Å². The molecule has 1 aromatic rings. The molecule has 6 heteroatoms. The molecular formula is C12H23N3O2S. The van der Waals surface area contributed by atoms with Crippen molar-refractivity contribution in [3.8, 4) is 0 Å². The Morgan fingerprint density at radius 3 is 2.61 bits per heavy atom. The summed E-state index contributed by atoms with van der Waals surface area (Å²) in [5.41, 5.74) is 1.96. The van der Waals surface area contributed by atoms with Gasteiger partial charge in [0.05, 0.1) is 11.9 Å². The van der Waals surface area contributed by atoms with Gasteiger partial charge in [0.2, 0.25) is 10.0 Å². The Hall–Kier alpha value is -0.880. The van der Waals surface area contributed by atoms with E-state index in [-0.39, 0.29) is 11.8 Å². The Kier molecular flexibility index (Phi) is 5.34. The van der Waals surface area contributed by atoms with Crippen LogP contribution in [-0.4, -0.2) is 24.0 Å². The third kappa shape index (κ3) is 3.81. The molecule has 104 valence electrons. The third-order valence-electron chi connectivity index (χ3n) is 3.03. The first-order chi connectivity index (χ1) is 8.41. The van der Waals surface area contributed by atoms with E-state index in [1.165, 1.54) is 0 Å². The van der Waals surface area contributed by atoms with Crippen molar-refractivity contribution in [3.63, 3.8) is 0 Å². The fourth-order valence-corrected chi connectivity index (χ4v) is 3.38. The summed E-state index contributed by atoms with van der Waals surface area (Å²) in [7, 11) is -3.19. The Morgan fingerprint density at radius 1 is 1.44 bits per heavy atom. The lowest BCUT2D eigenvalue weighted by Gasteiger charge is -2.14. The maximum absolute atomic E-state index is 11.8. The maximum Gasteiger partial charge on any atom is 0.212 e. The zero-order chi connectivity index (χ0) is 13.8. The molecule has 1 unspecified atom stereocenters. The highest BCUT2D eigenvalue weighted by molar-refractivity contribution is 7.89. The smallest absolute Gasteiger partial charge is 0.212 e. The predicted molar refractivity (Wildman–Crippen MR) is 72.9 cm³/mol. The number of aryl methyl sites for hydroxylation is 1. The van der Waals surface area contributed by atoms with E-state index in [9.17, 15) is 8.42 Å². The molecule has 0 aliphatic heterocycles. The van der Waals surface area contributed by atoms with Crippen LogP contribution >= 0.6 is 0 Å². The lowest BCUT2D eigenvalue weighted by Crippen LogP contribution is -2.29. The molecule has 1 N–H and O–H groups in total. The number of hydrogen-bond acceptors (Lipinski definition) is 3. The van der Waals surface area contributed by atoms with Gasteiger partial charge in [0.25, 0.3) is 0 Å². The van der Waals surface area contributed by atoms with Gasteiger partial charge in [-0.3, -0.25) is 4.68 Å². The molecule has 0 radical (unpaired) electrons. The fourth-order valence-electron chi connectivity index (χ4n) is 1.93. The van der Waals surface area contributed by atoms with Gasteiger partial charge in [0, 0.05) is 23.8 Å². The molecule has 5 nitrogen and oxygen atoms in total. The summed E-state index contributed by atoms with van der Waals surface area (Å²) in [6.07, 6.45) is 3.31. The molecule has 1 heterocycles. The Labute approximate surface area is 110 Å². The first-order valence-corrected chi connectivity index (χ1v) is 8.08. The van der Waals surface area contributed by atoms with E-state index < -0.39 is 10.0 Å². The van der Waals surface area contributed by atoms with Gasteiger partial charge in [-0.2, -0.15) is 5.10 Å². The quantitative estimate of drug-likeness (QED) is 0.826. The van der Waals surface area contributed by atoms with Crippen LogP contribution in [0.1, 0.15) is 50.9 Å². The van der Waals surface area contributed by atoms with Crippen molar-refractivity contribution in [2.45, 2.75) is 53.1 Å². The highest BCUT2D eigenvalue weighted by Gasteiger charge is 2.18. The minimum absolute atomic E-state index is 0.189. The van der Waals surface area contributed by atoms with Crippen LogP contribution in [-0.2, 0) is 16.6 Å². The van der Waals surface area contributed by atoms with E-state index in [2.05, 4.69) is 9.82 Å². The molecule has 1 rings (SSSR count). The number of rotatable bonds is 7. The van der Waals surface area contributed by atoms with Crippen molar-refractivity contribution in [2.75, 3.05) is 5.75 Å². The predicted octanol–water partition coefficient (Wildman–Crippen LogP) is 1.99. The standard InChI is InChI=1S/C12H23N3O2S/c1-5-7-8-18(16,17)14-10(3)12-9-13-15(6-2)11(12)4/h9-10,14H,5-8H2,1-4H3. The zero-order valence-electron chi connectivity index (χ0n) is 11.6. The maximum atomic E-state index is 11.8. The zero-order valence-corrected chi connectivity index (χ0v) is 12.4. The molecule has 0 saturated heterocycles. The van der Waals surface area contributed by atoms with Crippen LogP contribution in [0, 0.1) is 6.92 Å². The van der Waals surface area contributed by atoms with Crippen molar-refractivity contribution < 1.29 is 8.42 Å². The third-order valence-corrected chi connectivity index (χ3v) is 4.57. The monoisotopic (exact) mass is 273 g/mol. The van der Waals surface area contributed by atoms with Crippen molar-refractivity contribution in [2.24, 2.45) is 0 Å². The van der Waals surface area contributed by atoms with Gasteiger partial charge in [0.1, 0.15) is 0 Å². The normalized spacial score (nSPS) is 13.8. The first kappa shape index (κ1) is 15.2. The van der Waals surface area contributed by atoms with Crippen LogP contribution in [0.3, 0.4) is 0 Å². The second-order valence-corrected chi connectivity index (χ2v) is 6.39. The summed E-state index contributed by atoms with van der Waals surface area (Å²) >= 11 is 0. The van der Waals surface area contributed by atoms with Gasteiger partial charge in [0.15, 0.2) is 0 Å². The molecule has 0 fully saturated rings. The molecule has 0 saturated carbocycles. The molecule has 18 heavy (non-hydrogen) atoms. The van der Waals surface area contributed by atoms with E-state index in [1.54, 1.807) is 6.20 Å². The molecule has 1 atom stereocenters. The number of nitrogens with zero attached hydrogens (tertiary/aromatic N) is 2. The topological polar surface area (TPSA) is 64.0 Å². The summed E-state index contributed by atoms with van der Waals surface area (Å²) in [5, 5.41) is 4.23. The molecule has 1 aromatic heterocycles. The second-order valence-electron chi connectivity index (χ2n) is 4.51. The molecule has 0 aliphatic rings. The Balaban J connectivity index is 2.76. The van der Waals surface area contributed by atoms with Crippen LogP contribution in [0.5, 0.6) is 0 Å². The summed E-state index contributed by atoms with van der Waals surface area (Å²) in [4.78, 5) is 0. The largest absolute Gasteiger partial charge is 0.270 e. The van der Waals surface area contributed by atoms with E-state index in [4.69, 9.17) is 0 Å². The minimum Gasteiger partial charge on any atom is -0.270 e. The van der Waals surface area contributed by atoms with Gasteiger partial charge < -0.3 is 0 Å². The van der Waals surface area contributed by atoms with Crippen molar-refractivity contribution >= 4 is 10.0 Å². The lowest BCUT2D eigenvalue weighted by atomic mass is 10.1. The molecule has 0 aromatic carbocycles. The number of aromatic nitrogens is 2. The molecular weight excluding hydrogens is 250 g/mol. The van der Waals surface area contributed by atoms with Crippen LogP contribution in [0.4, 0.5) is 0 Å². The summed E-state index contributed by atoms with van der Waals surface area (Å²) in [6, 6.07) is -0.229. The summed E-state index contributed by atoms with van der Waals surface area (Å²) in [5.74, 6) is 0.189. The molecule has 0 bridgehead atoms. The Morgan fingerprint density at radius 2 is 2.11 bits per heavy atom. The summed E-state index contributed by atoms with van der Waals surface area (Å²) < 4.78 is 28.2. The second kappa shape index (κ2) is 6.33. The van der Waals surface area contributed by atoms with Crippen molar-refractivity contribution in [3.05, 3.63) is 17.5 Å². The lowest BCUT2D eigenvalue weighted by molar-refractivity contribution is 0.562. The van der Waals surface area contributed by atoms with Gasteiger partial charge in [-0.25, -0.2) is 13.1 Å². The number of unbranched alkanes of at least 4 members (excludes halogenated alkanes) is 1. The SMILES string of the molecule is CCCCS(=O)(=O)NC(C)c1cnn(CC)c1C. The van der Waals surface area contributed by atoms with Crippen molar-refractivity contribution in [1.29, 1.82) is 0 Å². The number of nitrogens with one attached hydrogen (secondary N) is 1. The van der Waals surface area contributed by atoms with E-state index in [1.807, 2.05) is 32.4 Å². The highest BCUT2D eigenvalue weighted by atomic mass is 32.2. The van der Waals surface area contributed by atoms with Gasteiger partial charge in [-0.05, 0) is 27.2 Å². The fraction of sp³-hybridized carbons (Fsp3) is 0.750. The van der Waals surface area contributed by atoms with Crippen LogP contribution < -0.4 is 4.72 Å². The van der Waals surface area contributed by atoms with E-state index in [0.29, 0.717) is 6.42 Å². The number of sulfonamides is 1. The van der Waals surface area contributed by atoms with Gasteiger partial charge >= 0.3 is 0 Å². The Bertz CT molecular complexity index is 480. The molecule has 0 aliphatic carbocycles.